The number of aromatic amines is 1. The zero-order valence-corrected chi connectivity index (χ0v) is 11.7. The number of carbonyl (C=O) groups excluding carboxylic acids is 1. The molecule has 2 rings (SSSR count). The van der Waals surface area contributed by atoms with Gasteiger partial charge in [-0.2, -0.15) is 0 Å². The van der Waals surface area contributed by atoms with Crippen LogP contribution in [0, 0.1) is 0 Å². The number of nitrogens with one attached hydrogen (secondary N) is 2. The maximum absolute atomic E-state index is 12.5. The Balaban J connectivity index is 2.03. The molecule has 0 radical (unpaired) electrons. The van der Waals surface area contributed by atoms with E-state index in [2.05, 4.69) is 15.3 Å². The van der Waals surface area contributed by atoms with Gasteiger partial charge in [-0.3, -0.25) is 10.1 Å². The molecule has 0 saturated carbocycles. The Morgan fingerprint density at radius 1 is 1.63 bits per heavy atom. The van der Waals surface area contributed by atoms with Crippen molar-refractivity contribution < 1.29 is 9.90 Å². The topological polar surface area (TPSA) is 81.2 Å². The number of carbonyl (C=O) groups is 1. The molecule has 2 heterocycles. The summed E-state index contributed by atoms with van der Waals surface area (Å²) in [5, 5.41) is 13.1. The molecule has 1 aromatic rings. The van der Waals surface area contributed by atoms with Crippen molar-refractivity contribution in [3.63, 3.8) is 0 Å². The normalized spacial score (nSPS) is 19.1. The zero-order chi connectivity index (χ0) is 14.0. The van der Waals surface area contributed by atoms with Crippen LogP contribution in [-0.4, -0.2) is 50.6 Å². The number of rotatable bonds is 4. The Labute approximate surface area is 113 Å². The first-order chi connectivity index (χ1) is 8.90. The van der Waals surface area contributed by atoms with E-state index in [9.17, 15) is 9.90 Å². The first-order valence-electron chi connectivity index (χ1n) is 6.66. The van der Waals surface area contributed by atoms with Crippen molar-refractivity contribution in [2.45, 2.75) is 45.4 Å². The van der Waals surface area contributed by atoms with Crippen LogP contribution in [0.15, 0.2) is 6.33 Å². The smallest absolute Gasteiger partial charge is 0.240 e. The van der Waals surface area contributed by atoms with Crippen LogP contribution in [0.4, 0.5) is 0 Å². The highest BCUT2D eigenvalue weighted by molar-refractivity contribution is 5.82. The van der Waals surface area contributed by atoms with Gasteiger partial charge in [0, 0.05) is 26.1 Å². The minimum atomic E-state index is -0.877. The third-order valence-corrected chi connectivity index (χ3v) is 3.30. The van der Waals surface area contributed by atoms with Crippen LogP contribution in [0.25, 0.3) is 0 Å². The highest BCUT2D eigenvalue weighted by Crippen LogP contribution is 2.15. The molecule has 0 bridgehead atoms. The van der Waals surface area contributed by atoms with Gasteiger partial charge in [0.2, 0.25) is 5.91 Å². The van der Waals surface area contributed by atoms with Crippen LogP contribution in [0.1, 0.15) is 32.2 Å². The van der Waals surface area contributed by atoms with E-state index in [1.165, 1.54) is 0 Å². The van der Waals surface area contributed by atoms with Gasteiger partial charge >= 0.3 is 0 Å². The fourth-order valence-electron chi connectivity index (χ4n) is 2.38. The summed E-state index contributed by atoms with van der Waals surface area (Å²) in [6, 6.07) is -0.252. The van der Waals surface area contributed by atoms with E-state index in [0.717, 1.165) is 11.4 Å². The maximum Gasteiger partial charge on any atom is 0.240 e. The number of amides is 1. The third kappa shape index (κ3) is 3.33. The monoisotopic (exact) mass is 266 g/mol. The molecule has 0 aromatic carbocycles. The summed E-state index contributed by atoms with van der Waals surface area (Å²) in [5.41, 5.74) is 1.13. The van der Waals surface area contributed by atoms with Crippen LogP contribution in [-0.2, 0) is 17.8 Å². The summed E-state index contributed by atoms with van der Waals surface area (Å²) in [6.45, 7) is 6.91. The molecule has 1 aliphatic rings. The van der Waals surface area contributed by atoms with Gasteiger partial charge in [0.15, 0.2) is 0 Å². The van der Waals surface area contributed by atoms with Crippen molar-refractivity contribution in [3.8, 4) is 0 Å². The summed E-state index contributed by atoms with van der Waals surface area (Å²) < 4.78 is 0. The second kappa shape index (κ2) is 5.30. The Bertz CT molecular complexity index is 450. The molecule has 0 spiro atoms. The molecule has 6 nitrogen and oxygen atoms in total. The largest absolute Gasteiger partial charge is 0.389 e. The highest BCUT2D eigenvalue weighted by atomic mass is 16.3. The van der Waals surface area contributed by atoms with E-state index in [4.69, 9.17) is 0 Å². The summed E-state index contributed by atoms with van der Waals surface area (Å²) in [4.78, 5) is 21.4. The predicted molar refractivity (Wildman–Crippen MR) is 71.5 cm³/mol. The molecule has 1 aromatic heterocycles. The van der Waals surface area contributed by atoms with E-state index >= 15 is 0 Å². The summed E-state index contributed by atoms with van der Waals surface area (Å²) >= 11 is 0. The number of fused-ring (bicyclic) bond motifs is 1. The molecule has 0 saturated heterocycles. The molecule has 3 N–H and O–H groups in total. The van der Waals surface area contributed by atoms with Crippen molar-refractivity contribution >= 4 is 5.91 Å². The minimum absolute atomic E-state index is 0.0262. The van der Waals surface area contributed by atoms with E-state index in [0.29, 0.717) is 26.1 Å². The quantitative estimate of drug-likeness (QED) is 0.719. The number of likely N-dealkylation sites (N-methyl/N-ethyl adjacent to an activating group) is 1. The highest BCUT2D eigenvalue weighted by Gasteiger charge is 2.30. The lowest BCUT2D eigenvalue weighted by Gasteiger charge is -2.32. The van der Waals surface area contributed by atoms with Gasteiger partial charge in [-0.25, -0.2) is 4.98 Å². The van der Waals surface area contributed by atoms with Gasteiger partial charge in [-0.15, -0.1) is 0 Å². The van der Waals surface area contributed by atoms with Crippen LogP contribution >= 0.6 is 0 Å². The lowest BCUT2D eigenvalue weighted by molar-refractivity contribution is -0.136. The Morgan fingerprint density at radius 2 is 2.37 bits per heavy atom. The Hall–Kier alpha value is -1.40. The van der Waals surface area contributed by atoms with Crippen LogP contribution in [0.2, 0.25) is 0 Å². The number of nitrogens with zero attached hydrogens (tertiary/aromatic N) is 2. The van der Waals surface area contributed by atoms with Crippen LogP contribution in [0.3, 0.4) is 0 Å². The maximum atomic E-state index is 12.5. The third-order valence-electron chi connectivity index (χ3n) is 3.30. The fraction of sp³-hybridized carbons (Fsp3) is 0.692. The zero-order valence-electron chi connectivity index (χ0n) is 11.7. The number of imidazole rings is 1. The lowest BCUT2D eigenvalue weighted by atomic mass is 10.0. The second-order valence-corrected chi connectivity index (χ2v) is 5.63. The SMILES string of the molecule is CCN(CC(C)(C)O)C(=O)C1Cc2nc[nH]c2CN1. The number of hydrogen-bond acceptors (Lipinski definition) is 4. The van der Waals surface area contributed by atoms with Crippen molar-refractivity contribution in [1.82, 2.24) is 20.2 Å². The number of hydrogen-bond donors (Lipinski definition) is 3. The summed E-state index contributed by atoms with van der Waals surface area (Å²) in [5.74, 6) is 0.0262. The number of aromatic nitrogens is 2. The minimum Gasteiger partial charge on any atom is -0.389 e. The van der Waals surface area contributed by atoms with Gasteiger partial charge in [0.1, 0.15) is 0 Å². The Morgan fingerprint density at radius 3 is 3.00 bits per heavy atom. The van der Waals surface area contributed by atoms with Crippen molar-refractivity contribution in [1.29, 1.82) is 0 Å². The van der Waals surface area contributed by atoms with Crippen molar-refractivity contribution in [2.75, 3.05) is 13.1 Å². The molecule has 106 valence electrons. The van der Waals surface area contributed by atoms with Crippen molar-refractivity contribution in [2.24, 2.45) is 0 Å². The molecule has 6 heteroatoms. The predicted octanol–water partition coefficient (Wildman–Crippen LogP) is 0.0434. The van der Waals surface area contributed by atoms with Gasteiger partial charge in [0.25, 0.3) is 0 Å². The Kier molecular flexibility index (Phi) is 3.91. The molecular formula is C13H22N4O2. The average Bonchev–Trinajstić information content (AvgIpc) is 2.81. The lowest BCUT2D eigenvalue weighted by Crippen LogP contribution is -2.52. The molecule has 1 unspecified atom stereocenters. The molecule has 1 aliphatic heterocycles. The van der Waals surface area contributed by atoms with Gasteiger partial charge in [0.05, 0.1) is 29.4 Å². The fourth-order valence-corrected chi connectivity index (χ4v) is 2.38. The van der Waals surface area contributed by atoms with E-state index < -0.39 is 5.60 Å². The summed E-state index contributed by atoms with van der Waals surface area (Å²) in [6.07, 6.45) is 2.26. The molecule has 0 aliphatic carbocycles. The van der Waals surface area contributed by atoms with Gasteiger partial charge in [-0.05, 0) is 20.8 Å². The first-order valence-corrected chi connectivity index (χ1v) is 6.66. The van der Waals surface area contributed by atoms with Crippen molar-refractivity contribution in [3.05, 3.63) is 17.7 Å². The second-order valence-electron chi connectivity index (χ2n) is 5.63. The summed E-state index contributed by atoms with van der Waals surface area (Å²) in [7, 11) is 0. The molecule has 19 heavy (non-hydrogen) atoms. The van der Waals surface area contributed by atoms with E-state index in [1.54, 1.807) is 25.1 Å². The molecular weight excluding hydrogens is 244 g/mol. The molecule has 1 amide bonds. The standard InChI is InChI=1S/C13H22N4O2/c1-4-17(7-13(2,3)19)12(18)10-5-9-11(6-14-10)16-8-15-9/h8,10,14,19H,4-7H2,1-3H3,(H,15,16). The molecule has 0 fully saturated rings. The van der Waals surface area contributed by atoms with Gasteiger partial charge in [-0.1, -0.05) is 0 Å². The average molecular weight is 266 g/mol. The van der Waals surface area contributed by atoms with E-state index in [-0.39, 0.29) is 11.9 Å². The van der Waals surface area contributed by atoms with Gasteiger partial charge < -0.3 is 15.0 Å². The van der Waals surface area contributed by atoms with Crippen LogP contribution < -0.4 is 5.32 Å². The number of H-pyrrole nitrogens is 1. The van der Waals surface area contributed by atoms with Crippen LogP contribution in [0.5, 0.6) is 0 Å². The first kappa shape index (κ1) is 14.0. The van der Waals surface area contributed by atoms with E-state index in [1.807, 2.05) is 6.92 Å². The molecule has 1 atom stereocenters. The number of aliphatic hydroxyl groups is 1.